The molecule has 13 rings (SSSR count). The van der Waals surface area contributed by atoms with E-state index in [-0.39, 0.29) is 105 Å². The van der Waals surface area contributed by atoms with E-state index >= 15 is 19.2 Å². The van der Waals surface area contributed by atoms with E-state index < -0.39 is 65.1 Å². The largest absolute Gasteiger partial charge is 0.459 e. The van der Waals surface area contributed by atoms with Crippen molar-refractivity contribution in [2.24, 2.45) is 9.98 Å². The highest BCUT2D eigenvalue weighted by Gasteiger charge is 2.72. The van der Waals surface area contributed by atoms with Crippen molar-refractivity contribution in [1.82, 2.24) is 0 Å². The summed E-state index contributed by atoms with van der Waals surface area (Å²) in [7, 11) is 0. The fourth-order valence-corrected chi connectivity index (χ4v) is 15.6. The summed E-state index contributed by atoms with van der Waals surface area (Å²) in [6.07, 6.45) is 0. The summed E-state index contributed by atoms with van der Waals surface area (Å²) < 4.78 is 26.0. The van der Waals surface area contributed by atoms with Gasteiger partial charge in [0.2, 0.25) is 22.4 Å². The van der Waals surface area contributed by atoms with Crippen LogP contribution in [-0.2, 0) is 75.4 Å². The molecule has 0 N–H and O–H groups in total. The predicted octanol–water partition coefficient (Wildman–Crippen LogP) is 13.0. The topological polar surface area (TPSA) is 259 Å². The molecule has 0 spiro atoms. The number of Topliss-reactive ketones (excluding diaryl/α,β-unsaturated/α-hetero) is 2. The third kappa shape index (κ3) is 9.21. The molecule has 4 aliphatic rings. The Morgan fingerprint density at radius 3 is 1.16 bits per heavy atom. The van der Waals surface area contributed by atoms with Crippen LogP contribution in [0.2, 0.25) is 0 Å². The van der Waals surface area contributed by atoms with Gasteiger partial charge in [-0.05, 0) is 45.5 Å². The molecule has 3 heterocycles. The van der Waals surface area contributed by atoms with Gasteiger partial charge in [-0.3, -0.25) is 28.8 Å². The number of fused-ring (bicyclic) bond motifs is 8. The van der Waals surface area contributed by atoms with Crippen molar-refractivity contribution < 1.29 is 47.7 Å². The number of rotatable bonds is 14. The molecule has 6 aromatic carbocycles. The lowest BCUT2D eigenvalue weighted by Gasteiger charge is -2.29. The maximum atomic E-state index is 16.4. The molecule has 426 valence electrons. The van der Waals surface area contributed by atoms with Crippen LogP contribution in [0.25, 0.3) is 31.7 Å². The molecule has 0 aliphatic heterocycles. The summed E-state index contributed by atoms with van der Waals surface area (Å²) in [5.41, 5.74) is -4.40. The van der Waals surface area contributed by atoms with Crippen molar-refractivity contribution in [3.05, 3.63) is 259 Å². The fourth-order valence-electron chi connectivity index (χ4n) is 11.6. The number of ether oxygens (including phenoxy) is 4. The molecule has 0 atom stereocenters. The Balaban J connectivity index is 1.11. The van der Waals surface area contributed by atoms with Gasteiger partial charge in [-0.2, -0.15) is 21.0 Å². The van der Waals surface area contributed by atoms with E-state index in [4.69, 9.17) is 28.9 Å². The number of benzene rings is 6. The number of allylic oxidation sites excluding steroid dienone is 4. The van der Waals surface area contributed by atoms with Crippen LogP contribution in [0.15, 0.2) is 203 Å². The number of esters is 4. The molecule has 0 saturated carbocycles. The number of hydrogen-bond donors (Lipinski definition) is 0. The van der Waals surface area contributed by atoms with Crippen LogP contribution in [0.3, 0.4) is 0 Å². The second-order valence-electron chi connectivity index (χ2n) is 20.5. The fraction of sp³-hybridized carbons (Fsp3) is 0.0857. The molecular formula is C70H38N6O10S3. The van der Waals surface area contributed by atoms with Crippen molar-refractivity contribution >= 4 is 123 Å². The Labute approximate surface area is 518 Å². The number of ketones is 2. The van der Waals surface area contributed by atoms with Gasteiger partial charge in [0.05, 0.1) is 4.70 Å². The summed E-state index contributed by atoms with van der Waals surface area (Å²) in [4.78, 5) is 104. The summed E-state index contributed by atoms with van der Waals surface area (Å²) in [6.45, 7) is -1.54. The van der Waals surface area contributed by atoms with Crippen LogP contribution in [-0.4, -0.2) is 46.9 Å². The summed E-state index contributed by atoms with van der Waals surface area (Å²) in [5.74, 6) is -5.96. The minimum Gasteiger partial charge on any atom is -0.459 e. The molecule has 4 aliphatic carbocycles. The second kappa shape index (κ2) is 23.0. The van der Waals surface area contributed by atoms with Crippen LogP contribution in [0.5, 0.6) is 0 Å². The smallest absolute Gasteiger partial charge is 0.333 e. The van der Waals surface area contributed by atoms with Gasteiger partial charge < -0.3 is 18.9 Å². The SMILES string of the molecule is N#CC(C#N)=C1C(=Nc2cc3c(s2)C2=C(c4sc5cc(N=C6C(=O)c7ccccc7C6=C(C#N)C#N)sc5c4C2(C(=O)OCc2ccccc2)C(=O)OCc2ccccc2)C3(C(=O)OCc2ccccc2)C(=O)OCc2ccccc2)C(=O)c2ccccc21. The average molecular weight is 1220 g/mol. The maximum absolute atomic E-state index is 16.4. The predicted molar refractivity (Wildman–Crippen MR) is 331 cm³/mol. The first-order valence-corrected chi connectivity index (χ1v) is 29.8. The standard InChI is InChI=1S/C70H38N6O10S3/c71-31-43(32-72)53-45-25-13-15-27-47(45)60(77)58(53)75-51-29-49-62(88-51)55-56(69(49,65(79)83-35-39-17-5-1-6-18-39)66(80)84-36-40-19-7-2-8-20-40)64-57(70(55,67(81)85-37-41-21-9-3-10-22-41)68(82)86-38-42-23-11-4-12-24-42)63-50(87-64)30-52(89-63)76-59-54(44(33-73)34-74)46-26-14-16-28-48(46)61(59)78/h1-30H,35-38H2. The molecule has 19 heteroatoms. The number of nitrogens with zero attached hydrogens (tertiary/aromatic N) is 6. The van der Waals surface area contributed by atoms with Crippen LogP contribution in [0.4, 0.5) is 10.0 Å². The van der Waals surface area contributed by atoms with E-state index in [1.807, 2.05) is 24.3 Å². The molecule has 0 saturated heterocycles. The zero-order valence-corrected chi connectivity index (χ0v) is 48.6. The molecular weight excluding hydrogens is 1180 g/mol. The normalized spacial score (nSPS) is 15.2. The second-order valence-corrected chi connectivity index (χ2v) is 23.6. The van der Waals surface area contributed by atoms with E-state index in [9.17, 15) is 30.6 Å². The van der Waals surface area contributed by atoms with Gasteiger partial charge >= 0.3 is 23.9 Å². The van der Waals surface area contributed by atoms with Gasteiger partial charge in [-0.1, -0.05) is 170 Å². The van der Waals surface area contributed by atoms with Crippen molar-refractivity contribution in [1.29, 1.82) is 21.0 Å². The number of carbonyl (C=O) groups is 6. The molecule has 0 amide bonds. The highest BCUT2D eigenvalue weighted by atomic mass is 32.1. The molecule has 3 aromatic heterocycles. The quantitative estimate of drug-likeness (QED) is 0.0424. The third-order valence-corrected chi connectivity index (χ3v) is 18.9. The Hall–Kier alpha value is -11.6. The van der Waals surface area contributed by atoms with Gasteiger partial charge in [-0.25, -0.2) is 9.98 Å². The number of carbonyl (C=O) groups excluding carboxylic acids is 6. The molecule has 0 radical (unpaired) electrons. The van der Waals surface area contributed by atoms with Crippen LogP contribution in [0.1, 0.15) is 75.0 Å². The van der Waals surface area contributed by atoms with Gasteiger partial charge in [0.15, 0.2) is 0 Å². The summed E-state index contributed by atoms with van der Waals surface area (Å²) in [5, 5.41) is 41.1. The van der Waals surface area contributed by atoms with E-state index in [1.54, 1.807) is 170 Å². The highest BCUT2D eigenvalue weighted by molar-refractivity contribution is 7.31. The average Bonchev–Trinajstić information content (AvgIpc) is 1.48. The minimum absolute atomic E-state index is 0.0150. The lowest BCUT2D eigenvalue weighted by molar-refractivity contribution is -0.165. The number of nitriles is 4. The van der Waals surface area contributed by atoms with Gasteiger partial charge in [0, 0.05) is 59.0 Å². The van der Waals surface area contributed by atoms with Crippen molar-refractivity contribution in [3.8, 4) is 24.3 Å². The minimum atomic E-state index is -2.77. The van der Waals surface area contributed by atoms with Crippen molar-refractivity contribution in [2.75, 3.05) is 0 Å². The highest BCUT2D eigenvalue weighted by Crippen LogP contribution is 2.70. The van der Waals surface area contributed by atoms with E-state index in [1.165, 1.54) is 12.1 Å². The first-order valence-electron chi connectivity index (χ1n) is 27.3. The molecule has 0 unspecified atom stereocenters. The van der Waals surface area contributed by atoms with Gasteiger partial charge in [-0.15, -0.1) is 34.0 Å². The Kier molecular flexibility index (Phi) is 14.6. The first kappa shape index (κ1) is 56.5. The monoisotopic (exact) mass is 1220 g/mol. The van der Waals surface area contributed by atoms with Crippen molar-refractivity contribution in [3.63, 3.8) is 0 Å². The number of thiophene rings is 3. The molecule has 89 heavy (non-hydrogen) atoms. The van der Waals surface area contributed by atoms with Crippen LogP contribution in [0, 0.1) is 45.3 Å². The number of aliphatic imine (C=N–C) groups is 2. The Morgan fingerprint density at radius 2 is 0.764 bits per heavy atom. The summed E-state index contributed by atoms with van der Waals surface area (Å²) in [6, 6.07) is 58.1. The van der Waals surface area contributed by atoms with E-state index in [0.717, 1.165) is 34.0 Å². The Bertz CT molecular complexity index is 4770. The van der Waals surface area contributed by atoms with E-state index in [0.29, 0.717) is 32.5 Å². The molecule has 16 nitrogen and oxygen atoms in total. The van der Waals surface area contributed by atoms with E-state index in [2.05, 4.69) is 0 Å². The van der Waals surface area contributed by atoms with Crippen molar-refractivity contribution in [2.45, 2.75) is 37.3 Å². The zero-order valence-electron chi connectivity index (χ0n) is 46.1. The van der Waals surface area contributed by atoms with Gasteiger partial charge in [0.25, 0.3) is 0 Å². The summed E-state index contributed by atoms with van der Waals surface area (Å²) >= 11 is 2.75. The number of hydrogen-bond acceptors (Lipinski definition) is 19. The van der Waals surface area contributed by atoms with Gasteiger partial charge in [0.1, 0.15) is 83.3 Å². The first-order chi connectivity index (χ1) is 43.4. The lowest BCUT2D eigenvalue weighted by atomic mass is 9.76. The molecule has 0 bridgehead atoms. The Morgan fingerprint density at radius 1 is 0.416 bits per heavy atom. The lowest BCUT2D eigenvalue weighted by Crippen LogP contribution is -2.45. The molecule has 9 aromatic rings. The zero-order chi connectivity index (χ0) is 61.6. The maximum Gasteiger partial charge on any atom is 0.333 e. The van der Waals surface area contributed by atoms with Crippen LogP contribution < -0.4 is 0 Å². The van der Waals surface area contributed by atoms with Crippen LogP contribution >= 0.6 is 34.0 Å². The third-order valence-electron chi connectivity index (χ3n) is 15.6. The molecule has 0 fully saturated rings.